The van der Waals surface area contributed by atoms with E-state index >= 15 is 0 Å². The predicted octanol–water partition coefficient (Wildman–Crippen LogP) is 12.9. The number of quaternary nitrogens is 1. The molecule has 370 valence electrons. The zero-order valence-electron chi connectivity index (χ0n) is 41.8. The molecule has 0 aromatic heterocycles. The van der Waals surface area contributed by atoms with Gasteiger partial charge in [0.05, 0.1) is 40.3 Å². The number of allylic oxidation sites excluding steroid dienone is 16. The molecule has 0 aliphatic rings. The molecule has 0 aliphatic heterocycles. The van der Waals surface area contributed by atoms with Crippen LogP contribution in [0, 0.1) is 0 Å². The molecule has 0 rings (SSSR count). The SMILES string of the molecule is CC/C=C\C/C=C\C/C=C\C/C=C\C/C=C\CCCCCCCCCC(=O)OC(COC(=O)CCCCCCCCC/C=C\C/C=C\C/C=C\CC)COC(OCC[N+](C)(C)C)C(=O)[O-]. The van der Waals surface area contributed by atoms with Gasteiger partial charge in [-0.05, 0) is 89.9 Å². The van der Waals surface area contributed by atoms with Crippen molar-refractivity contribution < 1.29 is 42.9 Å². The first kappa shape index (κ1) is 61.2. The fourth-order valence-electron chi connectivity index (χ4n) is 6.46. The number of rotatable bonds is 45. The van der Waals surface area contributed by atoms with E-state index in [0.717, 1.165) is 109 Å². The highest BCUT2D eigenvalue weighted by atomic mass is 16.7. The fourth-order valence-corrected chi connectivity index (χ4v) is 6.46. The van der Waals surface area contributed by atoms with Gasteiger partial charge in [-0.2, -0.15) is 0 Å². The van der Waals surface area contributed by atoms with Crippen LogP contribution >= 0.6 is 0 Å². The van der Waals surface area contributed by atoms with Crippen LogP contribution in [0.4, 0.5) is 0 Å². The monoisotopic (exact) mass is 908 g/mol. The summed E-state index contributed by atoms with van der Waals surface area (Å²) in [5.41, 5.74) is 0. The molecule has 0 amide bonds. The van der Waals surface area contributed by atoms with Gasteiger partial charge >= 0.3 is 11.9 Å². The molecule has 65 heavy (non-hydrogen) atoms. The second-order valence-electron chi connectivity index (χ2n) is 17.7. The molecule has 0 spiro atoms. The molecule has 0 fully saturated rings. The Kier molecular flexibility index (Phi) is 44.0. The largest absolute Gasteiger partial charge is 0.545 e. The standard InChI is InChI=1S/C56H93NO8/c1-6-8-10-12-14-16-18-20-22-24-25-26-27-28-29-31-33-35-37-39-41-43-45-47-54(59)65-52(51-64-56(55(60)61)62-49-48-57(3,4)5)50-63-53(58)46-44-42-40-38-36-34-32-30-23-21-19-17-15-13-11-9-7-2/h8-11,14-17,20-23,25-26,28-29,52,56H,6-7,12-13,18-19,24,27,30-51H2,1-5H3/b10-8-,11-9-,16-14-,17-15-,22-20-,23-21-,26-25-,29-28-. The van der Waals surface area contributed by atoms with Crippen molar-refractivity contribution in [1.82, 2.24) is 0 Å². The Morgan fingerprint density at radius 1 is 0.462 bits per heavy atom. The Bertz CT molecular complexity index is 1380. The summed E-state index contributed by atoms with van der Waals surface area (Å²) in [7, 11) is 5.90. The van der Waals surface area contributed by atoms with Gasteiger partial charge in [-0.3, -0.25) is 9.59 Å². The summed E-state index contributed by atoms with van der Waals surface area (Å²) >= 11 is 0. The highest BCUT2D eigenvalue weighted by molar-refractivity contribution is 5.70. The summed E-state index contributed by atoms with van der Waals surface area (Å²) < 4.78 is 22.6. The van der Waals surface area contributed by atoms with E-state index in [1.165, 1.54) is 38.5 Å². The third-order valence-electron chi connectivity index (χ3n) is 10.3. The molecule has 0 N–H and O–H groups in total. The lowest BCUT2D eigenvalue weighted by Gasteiger charge is -2.26. The van der Waals surface area contributed by atoms with Gasteiger partial charge in [0.25, 0.3) is 0 Å². The summed E-state index contributed by atoms with van der Waals surface area (Å²) in [4.78, 5) is 37.2. The highest BCUT2D eigenvalue weighted by Gasteiger charge is 2.21. The minimum absolute atomic E-state index is 0.138. The molecule has 0 saturated carbocycles. The van der Waals surface area contributed by atoms with Crippen LogP contribution in [0.3, 0.4) is 0 Å². The topological polar surface area (TPSA) is 111 Å². The predicted molar refractivity (Wildman–Crippen MR) is 269 cm³/mol. The van der Waals surface area contributed by atoms with E-state index < -0.39 is 24.3 Å². The quantitative estimate of drug-likeness (QED) is 0.0195. The van der Waals surface area contributed by atoms with Crippen LogP contribution < -0.4 is 5.11 Å². The van der Waals surface area contributed by atoms with E-state index in [0.29, 0.717) is 17.4 Å². The number of likely N-dealkylation sites (N-methyl/N-ethyl adjacent to an activating group) is 1. The van der Waals surface area contributed by atoms with Crippen LogP contribution in [0.2, 0.25) is 0 Å². The van der Waals surface area contributed by atoms with E-state index in [4.69, 9.17) is 18.9 Å². The van der Waals surface area contributed by atoms with Crippen molar-refractivity contribution in [3.63, 3.8) is 0 Å². The summed E-state index contributed by atoms with van der Waals surface area (Å²) in [6.07, 6.45) is 58.6. The second kappa shape index (κ2) is 46.7. The number of unbranched alkanes of at least 4 members (excludes halogenated alkanes) is 14. The Morgan fingerprint density at radius 3 is 1.23 bits per heavy atom. The van der Waals surface area contributed by atoms with Crippen LogP contribution in [0.1, 0.15) is 181 Å². The molecule has 0 aliphatic carbocycles. The summed E-state index contributed by atoms with van der Waals surface area (Å²) in [6.45, 7) is 4.48. The number of carbonyl (C=O) groups is 3. The Morgan fingerprint density at radius 2 is 0.831 bits per heavy atom. The number of hydrogen-bond donors (Lipinski definition) is 0. The number of nitrogens with zero attached hydrogens (tertiary/aromatic N) is 1. The zero-order valence-corrected chi connectivity index (χ0v) is 41.8. The highest BCUT2D eigenvalue weighted by Crippen LogP contribution is 2.14. The maximum Gasteiger partial charge on any atom is 0.306 e. The van der Waals surface area contributed by atoms with Crippen LogP contribution in [0.25, 0.3) is 0 Å². The molecule has 9 nitrogen and oxygen atoms in total. The summed E-state index contributed by atoms with van der Waals surface area (Å²) in [6, 6.07) is 0. The van der Waals surface area contributed by atoms with Crippen molar-refractivity contribution in [3.05, 3.63) is 97.2 Å². The van der Waals surface area contributed by atoms with Gasteiger partial charge in [-0.15, -0.1) is 0 Å². The summed E-state index contributed by atoms with van der Waals surface area (Å²) in [5, 5.41) is 11.7. The molecule has 0 aromatic carbocycles. The number of ether oxygens (including phenoxy) is 4. The lowest BCUT2D eigenvalue weighted by atomic mass is 10.1. The van der Waals surface area contributed by atoms with Gasteiger partial charge in [0.1, 0.15) is 13.2 Å². The molecule has 0 aromatic rings. The number of hydrogen-bond acceptors (Lipinski definition) is 8. The first-order valence-corrected chi connectivity index (χ1v) is 25.4. The molecule has 2 unspecified atom stereocenters. The fraction of sp³-hybridized carbons (Fsp3) is 0.661. The van der Waals surface area contributed by atoms with E-state index in [2.05, 4.69) is 111 Å². The van der Waals surface area contributed by atoms with Gasteiger partial charge in [0.15, 0.2) is 12.4 Å². The van der Waals surface area contributed by atoms with E-state index in [1.54, 1.807) is 0 Å². The number of carbonyl (C=O) groups excluding carboxylic acids is 3. The van der Waals surface area contributed by atoms with Crippen molar-refractivity contribution >= 4 is 17.9 Å². The molecule has 0 radical (unpaired) electrons. The van der Waals surface area contributed by atoms with Crippen molar-refractivity contribution in [3.8, 4) is 0 Å². The lowest BCUT2D eigenvalue weighted by Crippen LogP contribution is -2.44. The average Bonchev–Trinajstić information content (AvgIpc) is 3.27. The molecule has 0 saturated heterocycles. The number of aliphatic carboxylic acids is 1. The number of carboxylic acids is 1. The maximum absolute atomic E-state index is 12.8. The normalized spacial score (nSPS) is 13.7. The summed E-state index contributed by atoms with van der Waals surface area (Å²) in [5.74, 6) is -2.32. The van der Waals surface area contributed by atoms with Crippen molar-refractivity contribution in [2.75, 3.05) is 47.5 Å². The first-order valence-electron chi connectivity index (χ1n) is 25.4. The Labute approximate surface area is 397 Å². The average molecular weight is 908 g/mol. The van der Waals surface area contributed by atoms with E-state index in [9.17, 15) is 19.5 Å². The van der Waals surface area contributed by atoms with Gasteiger partial charge in [0, 0.05) is 12.8 Å². The van der Waals surface area contributed by atoms with Crippen LogP contribution in [-0.4, -0.2) is 82.3 Å². The number of carboxylic acid groups (broad SMARTS) is 1. The molecule has 9 heteroatoms. The Hall–Kier alpha value is -3.79. The minimum Gasteiger partial charge on any atom is -0.545 e. The maximum atomic E-state index is 12.8. The third kappa shape index (κ3) is 48.0. The van der Waals surface area contributed by atoms with Crippen LogP contribution in [0.15, 0.2) is 97.2 Å². The van der Waals surface area contributed by atoms with Crippen molar-refractivity contribution in [2.45, 2.75) is 193 Å². The van der Waals surface area contributed by atoms with Gasteiger partial charge in [-0.25, -0.2) is 0 Å². The lowest BCUT2D eigenvalue weighted by molar-refractivity contribution is -0.870. The number of esters is 2. The van der Waals surface area contributed by atoms with Gasteiger partial charge in [0.2, 0.25) is 0 Å². The molecular formula is C56H93NO8. The third-order valence-corrected chi connectivity index (χ3v) is 10.3. The van der Waals surface area contributed by atoms with Crippen LogP contribution in [-0.2, 0) is 33.3 Å². The molecule has 0 bridgehead atoms. The second-order valence-corrected chi connectivity index (χ2v) is 17.7. The van der Waals surface area contributed by atoms with E-state index in [-0.39, 0.29) is 38.6 Å². The minimum atomic E-state index is -1.63. The first-order chi connectivity index (χ1) is 31.6. The van der Waals surface area contributed by atoms with Gasteiger partial charge < -0.3 is 33.3 Å². The van der Waals surface area contributed by atoms with Crippen molar-refractivity contribution in [1.29, 1.82) is 0 Å². The molecule has 0 heterocycles. The van der Waals surface area contributed by atoms with Crippen LogP contribution in [0.5, 0.6) is 0 Å². The smallest absolute Gasteiger partial charge is 0.306 e. The molecule has 2 atom stereocenters. The zero-order chi connectivity index (χ0) is 47.7. The molecular weight excluding hydrogens is 815 g/mol. The van der Waals surface area contributed by atoms with Crippen molar-refractivity contribution in [2.24, 2.45) is 0 Å². The Balaban J connectivity index is 4.40. The van der Waals surface area contributed by atoms with E-state index in [1.807, 2.05) is 21.1 Å². The van der Waals surface area contributed by atoms with Gasteiger partial charge in [-0.1, -0.05) is 175 Å².